The van der Waals surface area contributed by atoms with Crippen LogP contribution in [0.1, 0.15) is 18.1 Å². The van der Waals surface area contributed by atoms with Crippen LogP contribution in [0.4, 0.5) is 5.69 Å². The molecule has 0 aliphatic rings. The van der Waals surface area contributed by atoms with Gasteiger partial charge in [-0.15, -0.1) is 0 Å². The molecular formula is C11H10N2O5. The number of phenolic OH excluding ortho intramolecular Hbond substituents is 1. The highest BCUT2D eigenvalue weighted by atomic mass is 16.6. The first kappa shape index (κ1) is 13.4. The van der Waals surface area contributed by atoms with Gasteiger partial charge in [0.2, 0.25) is 0 Å². The molecule has 0 aliphatic heterocycles. The molecular weight excluding hydrogens is 240 g/mol. The van der Waals surface area contributed by atoms with E-state index in [1.54, 1.807) is 13.0 Å². The summed E-state index contributed by atoms with van der Waals surface area (Å²) in [5.74, 6) is -1.20. The van der Waals surface area contributed by atoms with Crippen molar-refractivity contribution in [3.8, 4) is 11.8 Å². The van der Waals surface area contributed by atoms with Gasteiger partial charge in [-0.2, -0.15) is 5.26 Å². The molecule has 0 atom stereocenters. The van der Waals surface area contributed by atoms with Crippen LogP contribution in [-0.4, -0.2) is 22.6 Å². The maximum absolute atomic E-state index is 11.3. The average Bonchev–Trinajstić information content (AvgIpc) is 2.30. The number of hydrogen-bond acceptors (Lipinski definition) is 6. The largest absolute Gasteiger partial charge is 0.502 e. The van der Waals surface area contributed by atoms with Crippen LogP contribution in [-0.2, 0) is 16.0 Å². The van der Waals surface area contributed by atoms with Gasteiger partial charge in [-0.25, -0.2) is 0 Å². The molecule has 18 heavy (non-hydrogen) atoms. The third-order valence-electron chi connectivity index (χ3n) is 2.18. The van der Waals surface area contributed by atoms with Crippen molar-refractivity contribution in [3.05, 3.63) is 33.4 Å². The zero-order valence-electron chi connectivity index (χ0n) is 9.54. The zero-order valence-corrected chi connectivity index (χ0v) is 9.54. The summed E-state index contributed by atoms with van der Waals surface area (Å²) >= 11 is 0. The lowest BCUT2D eigenvalue weighted by Crippen LogP contribution is -2.09. The lowest BCUT2D eigenvalue weighted by Gasteiger charge is -2.05. The molecule has 7 heteroatoms. The number of phenols is 1. The van der Waals surface area contributed by atoms with E-state index in [2.05, 4.69) is 0 Å². The van der Waals surface area contributed by atoms with Gasteiger partial charge in [0, 0.05) is 0 Å². The van der Waals surface area contributed by atoms with E-state index < -0.39 is 22.3 Å². The summed E-state index contributed by atoms with van der Waals surface area (Å²) in [5.41, 5.74) is -0.868. The SMILES string of the molecule is CCOC(=O)Cc1ccc(O)c([N+](=O)[O-])c1C#N. The van der Waals surface area contributed by atoms with Gasteiger partial charge in [-0.05, 0) is 18.6 Å². The molecule has 1 rings (SSSR count). The van der Waals surface area contributed by atoms with Gasteiger partial charge in [-0.1, -0.05) is 6.07 Å². The molecule has 1 aromatic carbocycles. The van der Waals surface area contributed by atoms with E-state index in [9.17, 15) is 20.0 Å². The van der Waals surface area contributed by atoms with Crippen LogP contribution in [0.2, 0.25) is 0 Å². The Hall–Kier alpha value is -2.62. The van der Waals surface area contributed by atoms with Crippen molar-refractivity contribution in [2.45, 2.75) is 13.3 Å². The van der Waals surface area contributed by atoms with Gasteiger partial charge in [0.05, 0.1) is 18.0 Å². The molecule has 0 saturated heterocycles. The number of esters is 1. The number of nitro groups is 1. The predicted molar refractivity (Wildman–Crippen MR) is 59.8 cm³/mol. The molecule has 0 amide bonds. The molecule has 0 heterocycles. The number of ether oxygens (including phenoxy) is 1. The summed E-state index contributed by atoms with van der Waals surface area (Å²) in [5, 5.41) is 29.0. The highest BCUT2D eigenvalue weighted by molar-refractivity contribution is 5.75. The first-order valence-corrected chi connectivity index (χ1v) is 5.06. The summed E-state index contributed by atoms with van der Waals surface area (Å²) in [7, 11) is 0. The Bertz CT molecular complexity index is 533. The zero-order chi connectivity index (χ0) is 13.7. The van der Waals surface area contributed by atoms with Gasteiger partial charge < -0.3 is 9.84 Å². The fraction of sp³-hybridized carbons (Fsp3) is 0.273. The Morgan fingerprint density at radius 3 is 2.78 bits per heavy atom. The number of aromatic hydroxyl groups is 1. The second-order valence-electron chi connectivity index (χ2n) is 3.32. The highest BCUT2D eigenvalue weighted by Gasteiger charge is 2.24. The van der Waals surface area contributed by atoms with Crippen molar-refractivity contribution >= 4 is 11.7 Å². The van der Waals surface area contributed by atoms with Crippen LogP contribution in [0.5, 0.6) is 5.75 Å². The summed E-state index contributed by atoms with van der Waals surface area (Å²) < 4.78 is 4.70. The van der Waals surface area contributed by atoms with Crippen molar-refractivity contribution < 1.29 is 19.6 Å². The van der Waals surface area contributed by atoms with Crippen molar-refractivity contribution in [2.75, 3.05) is 6.61 Å². The maximum atomic E-state index is 11.3. The minimum atomic E-state index is -0.859. The molecule has 0 fully saturated rings. The lowest BCUT2D eigenvalue weighted by molar-refractivity contribution is -0.386. The molecule has 0 radical (unpaired) electrons. The number of benzene rings is 1. The van der Waals surface area contributed by atoms with Crippen molar-refractivity contribution in [2.24, 2.45) is 0 Å². The first-order chi connectivity index (χ1) is 8.51. The normalized spacial score (nSPS) is 9.56. The lowest BCUT2D eigenvalue weighted by atomic mass is 10.0. The van der Waals surface area contributed by atoms with Gasteiger partial charge >= 0.3 is 11.7 Å². The number of carbonyl (C=O) groups excluding carboxylic acids is 1. The third-order valence-corrected chi connectivity index (χ3v) is 2.18. The Morgan fingerprint density at radius 1 is 1.61 bits per heavy atom. The van der Waals surface area contributed by atoms with Crippen LogP contribution in [0.3, 0.4) is 0 Å². The minimum absolute atomic E-state index is 0.153. The molecule has 0 aliphatic carbocycles. The van der Waals surface area contributed by atoms with E-state index >= 15 is 0 Å². The molecule has 1 aromatic rings. The molecule has 0 aromatic heterocycles. The molecule has 0 saturated carbocycles. The monoisotopic (exact) mass is 250 g/mol. The number of carbonyl (C=O) groups is 1. The number of hydrogen-bond donors (Lipinski definition) is 1. The van der Waals surface area contributed by atoms with E-state index in [0.717, 1.165) is 6.07 Å². The van der Waals surface area contributed by atoms with E-state index in [1.165, 1.54) is 6.07 Å². The Kier molecular flexibility index (Phi) is 4.21. The number of nitro benzene ring substituents is 1. The smallest absolute Gasteiger partial charge is 0.328 e. The Labute approximate surface area is 102 Å². The molecule has 94 valence electrons. The van der Waals surface area contributed by atoms with Crippen molar-refractivity contribution in [1.29, 1.82) is 5.26 Å². The van der Waals surface area contributed by atoms with Crippen LogP contribution in [0.15, 0.2) is 12.1 Å². The van der Waals surface area contributed by atoms with Crippen LogP contribution in [0.25, 0.3) is 0 Å². The first-order valence-electron chi connectivity index (χ1n) is 5.06. The fourth-order valence-electron chi connectivity index (χ4n) is 1.45. The summed E-state index contributed by atoms with van der Waals surface area (Å²) in [6.45, 7) is 1.81. The topological polar surface area (TPSA) is 113 Å². The summed E-state index contributed by atoms with van der Waals surface area (Å²) in [6.07, 6.45) is -0.252. The van der Waals surface area contributed by atoms with Crippen LogP contribution in [0, 0.1) is 21.4 Å². The van der Waals surface area contributed by atoms with Gasteiger partial charge in [0.15, 0.2) is 5.75 Å². The van der Waals surface area contributed by atoms with Crippen LogP contribution < -0.4 is 0 Å². The number of rotatable bonds is 4. The van der Waals surface area contributed by atoms with E-state index in [1.807, 2.05) is 0 Å². The van der Waals surface area contributed by atoms with Crippen molar-refractivity contribution in [1.82, 2.24) is 0 Å². The summed E-state index contributed by atoms with van der Waals surface area (Å²) in [6, 6.07) is 3.99. The highest BCUT2D eigenvalue weighted by Crippen LogP contribution is 2.31. The third kappa shape index (κ3) is 2.74. The van der Waals surface area contributed by atoms with Gasteiger partial charge in [0.1, 0.15) is 11.6 Å². The maximum Gasteiger partial charge on any atom is 0.328 e. The molecule has 0 unspecified atom stereocenters. The van der Waals surface area contributed by atoms with E-state index in [0.29, 0.717) is 0 Å². The molecule has 7 nitrogen and oxygen atoms in total. The van der Waals surface area contributed by atoms with Crippen LogP contribution >= 0.6 is 0 Å². The number of nitrogens with zero attached hydrogens (tertiary/aromatic N) is 2. The van der Waals surface area contributed by atoms with Gasteiger partial charge in [-0.3, -0.25) is 14.9 Å². The molecule has 1 N–H and O–H groups in total. The fourth-order valence-corrected chi connectivity index (χ4v) is 1.45. The second-order valence-corrected chi connectivity index (χ2v) is 3.32. The van der Waals surface area contributed by atoms with E-state index in [4.69, 9.17) is 10.00 Å². The Balaban J connectivity index is 3.22. The minimum Gasteiger partial charge on any atom is -0.502 e. The van der Waals surface area contributed by atoms with Crippen molar-refractivity contribution in [3.63, 3.8) is 0 Å². The van der Waals surface area contributed by atoms with E-state index in [-0.39, 0.29) is 24.2 Å². The predicted octanol–water partition coefficient (Wildman–Crippen LogP) is 1.28. The standard InChI is InChI=1S/C11H10N2O5/c1-2-18-10(15)5-7-3-4-9(14)11(13(16)17)8(7)6-12/h3-4,14H,2,5H2,1H3. The summed E-state index contributed by atoms with van der Waals surface area (Å²) in [4.78, 5) is 21.2. The number of nitriles is 1. The second kappa shape index (κ2) is 5.63. The van der Waals surface area contributed by atoms with Gasteiger partial charge in [0.25, 0.3) is 0 Å². The quantitative estimate of drug-likeness (QED) is 0.489. The average molecular weight is 250 g/mol. The molecule has 0 bridgehead atoms. The molecule has 0 spiro atoms. The Morgan fingerprint density at radius 2 is 2.28 bits per heavy atom.